The first-order valence-corrected chi connectivity index (χ1v) is 5.85. The number of anilines is 1. The summed E-state index contributed by atoms with van der Waals surface area (Å²) >= 11 is 0. The number of hydrogen-bond donors (Lipinski definition) is 1. The quantitative estimate of drug-likeness (QED) is 0.589. The molecule has 0 aliphatic carbocycles. The van der Waals surface area contributed by atoms with E-state index < -0.39 is 0 Å². The molecular weight excluding hydrogens is 221 g/mol. The van der Waals surface area contributed by atoms with E-state index in [0.29, 0.717) is 30.6 Å². The van der Waals surface area contributed by atoms with Crippen molar-refractivity contribution < 1.29 is 13.9 Å². The third-order valence-corrected chi connectivity index (χ3v) is 2.30. The Bertz CT molecular complexity index is 342. The lowest BCUT2D eigenvalue weighted by molar-refractivity contribution is 0.0928. The van der Waals surface area contributed by atoms with Crippen molar-refractivity contribution in [2.45, 2.75) is 20.3 Å². The summed E-state index contributed by atoms with van der Waals surface area (Å²) in [6.45, 7) is 5.98. The second-order valence-corrected chi connectivity index (χ2v) is 4.33. The van der Waals surface area contributed by atoms with Crippen molar-refractivity contribution in [3.05, 3.63) is 24.0 Å². The summed E-state index contributed by atoms with van der Waals surface area (Å²) < 4.78 is 23.5. The van der Waals surface area contributed by atoms with E-state index in [1.54, 1.807) is 0 Å². The summed E-state index contributed by atoms with van der Waals surface area (Å²) in [5.41, 5.74) is 5.91. The van der Waals surface area contributed by atoms with Gasteiger partial charge in [0.2, 0.25) is 0 Å². The molecule has 0 unspecified atom stereocenters. The van der Waals surface area contributed by atoms with Crippen LogP contribution in [0.2, 0.25) is 0 Å². The lowest BCUT2D eigenvalue weighted by Gasteiger charge is -2.10. The Labute approximate surface area is 102 Å². The maximum atomic E-state index is 12.8. The number of ether oxygens (including phenoxy) is 2. The molecule has 0 aliphatic heterocycles. The number of nitrogen functional groups attached to an aromatic ring is 1. The second-order valence-electron chi connectivity index (χ2n) is 4.33. The molecule has 0 fully saturated rings. The van der Waals surface area contributed by atoms with Crippen molar-refractivity contribution in [3.63, 3.8) is 0 Å². The van der Waals surface area contributed by atoms with Crippen LogP contribution >= 0.6 is 0 Å². The summed E-state index contributed by atoms with van der Waals surface area (Å²) in [4.78, 5) is 0. The fraction of sp³-hybridized carbons (Fsp3) is 0.538. The predicted octanol–water partition coefficient (Wildman–Crippen LogP) is 2.85. The Morgan fingerprint density at radius 2 is 2.00 bits per heavy atom. The maximum Gasteiger partial charge on any atom is 0.142 e. The molecule has 4 heteroatoms. The van der Waals surface area contributed by atoms with Gasteiger partial charge < -0.3 is 15.2 Å². The molecule has 0 spiro atoms. The molecule has 2 N–H and O–H groups in total. The van der Waals surface area contributed by atoms with Gasteiger partial charge in [-0.25, -0.2) is 4.39 Å². The van der Waals surface area contributed by atoms with Gasteiger partial charge in [-0.3, -0.25) is 0 Å². The number of halogens is 1. The van der Waals surface area contributed by atoms with Gasteiger partial charge >= 0.3 is 0 Å². The van der Waals surface area contributed by atoms with Crippen molar-refractivity contribution in [1.29, 1.82) is 0 Å². The smallest absolute Gasteiger partial charge is 0.142 e. The van der Waals surface area contributed by atoms with Gasteiger partial charge in [0.25, 0.3) is 0 Å². The Morgan fingerprint density at radius 1 is 1.24 bits per heavy atom. The van der Waals surface area contributed by atoms with Gasteiger partial charge in [0.1, 0.15) is 18.2 Å². The molecule has 0 heterocycles. The van der Waals surface area contributed by atoms with Gasteiger partial charge in [-0.2, -0.15) is 0 Å². The van der Waals surface area contributed by atoms with Gasteiger partial charge in [0, 0.05) is 12.7 Å². The summed E-state index contributed by atoms with van der Waals surface area (Å²) in [6, 6.07) is 4.10. The molecule has 0 atom stereocenters. The zero-order valence-electron chi connectivity index (χ0n) is 10.4. The standard InChI is InChI=1S/C13H20FNO2/c1-10(2)5-6-16-7-8-17-13-4-3-11(14)9-12(13)15/h3-4,9-10H,5-8,15H2,1-2H3. The normalized spacial score (nSPS) is 10.8. The van der Waals surface area contributed by atoms with Crippen molar-refractivity contribution in [2.75, 3.05) is 25.6 Å². The first-order valence-electron chi connectivity index (χ1n) is 5.85. The van der Waals surface area contributed by atoms with Crippen LogP contribution in [0.3, 0.4) is 0 Å². The second kappa shape index (κ2) is 7.12. The Hall–Kier alpha value is -1.29. The van der Waals surface area contributed by atoms with Crippen molar-refractivity contribution in [3.8, 4) is 5.75 Å². The molecule has 0 bridgehead atoms. The van der Waals surface area contributed by atoms with E-state index in [-0.39, 0.29) is 5.82 Å². The minimum absolute atomic E-state index is 0.312. The molecular formula is C13H20FNO2. The Kier molecular flexibility index (Phi) is 5.77. The monoisotopic (exact) mass is 241 g/mol. The summed E-state index contributed by atoms with van der Waals surface area (Å²) in [7, 11) is 0. The van der Waals surface area contributed by atoms with E-state index in [1.165, 1.54) is 18.2 Å². The van der Waals surface area contributed by atoms with E-state index in [9.17, 15) is 4.39 Å². The van der Waals surface area contributed by atoms with Crippen LogP contribution in [0.1, 0.15) is 20.3 Å². The molecule has 0 aromatic heterocycles. The van der Waals surface area contributed by atoms with Gasteiger partial charge in [0.15, 0.2) is 0 Å². The lowest BCUT2D eigenvalue weighted by atomic mass is 10.1. The topological polar surface area (TPSA) is 44.5 Å². The van der Waals surface area contributed by atoms with E-state index in [1.807, 2.05) is 0 Å². The van der Waals surface area contributed by atoms with Crippen molar-refractivity contribution >= 4 is 5.69 Å². The largest absolute Gasteiger partial charge is 0.489 e. The van der Waals surface area contributed by atoms with Gasteiger partial charge in [-0.15, -0.1) is 0 Å². The van der Waals surface area contributed by atoms with E-state index >= 15 is 0 Å². The molecule has 1 rings (SSSR count). The average molecular weight is 241 g/mol. The molecule has 0 aliphatic rings. The highest BCUT2D eigenvalue weighted by Crippen LogP contribution is 2.21. The number of rotatable bonds is 7. The average Bonchev–Trinajstić information content (AvgIpc) is 2.25. The van der Waals surface area contributed by atoms with E-state index in [4.69, 9.17) is 15.2 Å². The third kappa shape index (κ3) is 5.54. The molecule has 0 saturated heterocycles. The summed E-state index contributed by atoms with van der Waals surface area (Å²) in [6.07, 6.45) is 1.04. The van der Waals surface area contributed by atoms with Gasteiger partial charge in [-0.05, 0) is 24.5 Å². The predicted molar refractivity (Wildman–Crippen MR) is 66.6 cm³/mol. The van der Waals surface area contributed by atoms with Crippen LogP contribution in [-0.2, 0) is 4.74 Å². The number of nitrogens with two attached hydrogens (primary N) is 1. The molecule has 3 nitrogen and oxygen atoms in total. The van der Waals surface area contributed by atoms with E-state index in [2.05, 4.69) is 13.8 Å². The van der Waals surface area contributed by atoms with Crippen LogP contribution in [0, 0.1) is 11.7 Å². The van der Waals surface area contributed by atoms with Crippen LogP contribution < -0.4 is 10.5 Å². The minimum atomic E-state index is -0.358. The van der Waals surface area contributed by atoms with Crippen LogP contribution in [0.25, 0.3) is 0 Å². The first-order chi connectivity index (χ1) is 8.09. The molecule has 0 saturated carbocycles. The Balaban J connectivity index is 2.18. The molecule has 17 heavy (non-hydrogen) atoms. The highest BCUT2D eigenvalue weighted by molar-refractivity contribution is 5.52. The van der Waals surface area contributed by atoms with Gasteiger partial charge in [0.05, 0.1) is 12.3 Å². The number of hydrogen-bond acceptors (Lipinski definition) is 3. The highest BCUT2D eigenvalue weighted by atomic mass is 19.1. The van der Waals surface area contributed by atoms with Crippen LogP contribution in [0.15, 0.2) is 18.2 Å². The molecule has 0 radical (unpaired) electrons. The molecule has 96 valence electrons. The zero-order chi connectivity index (χ0) is 12.7. The minimum Gasteiger partial charge on any atom is -0.489 e. The molecule has 0 amide bonds. The summed E-state index contributed by atoms with van der Waals surface area (Å²) in [5.74, 6) is 0.783. The maximum absolute atomic E-state index is 12.8. The highest BCUT2D eigenvalue weighted by Gasteiger charge is 2.01. The fourth-order valence-electron chi connectivity index (χ4n) is 1.28. The van der Waals surface area contributed by atoms with Crippen molar-refractivity contribution in [2.24, 2.45) is 5.92 Å². The van der Waals surface area contributed by atoms with Crippen LogP contribution in [0.4, 0.5) is 10.1 Å². The SMILES string of the molecule is CC(C)CCOCCOc1ccc(F)cc1N. The summed E-state index contributed by atoms with van der Waals surface area (Å²) in [5, 5.41) is 0. The first kappa shape index (κ1) is 13.8. The van der Waals surface area contributed by atoms with E-state index in [0.717, 1.165) is 13.0 Å². The van der Waals surface area contributed by atoms with Crippen LogP contribution in [0.5, 0.6) is 5.75 Å². The fourth-order valence-corrected chi connectivity index (χ4v) is 1.28. The molecule has 1 aromatic rings. The zero-order valence-corrected chi connectivity index (χ0v) is 10.4. The van der Waals surface area contributed by atoms with Crippen LogP contribution in [-0.4, -0.2) is 19.8 Å². The lowest BCUT2D eigenvalue weighted by Crippen LogP contribution is -2.09. The third-order valence-electron chi connectivity index (χ3n) is 2.30. The van der Waals surface area contributed by atoms with Gasteiger partial charge in [-0.1, -0.05) is 13.8 Å². The number of benzene rings is 1. The van der Waals surface area contributed by atoms with Crippen molar-refractivity contribution in [1.82, 2.24) is 0 Å². The molecule has 1 aromatic carbocycles. The Morgan fingerprint density at radius 3 is 2.65 bits per heavy atom.